The lowest BCUT2D eigenvalue weighted by atomic mass is 10.1. The van der Waals surface area contributed by atoms with E-state index in [0.717, 1.165) is 33.1 Å². The van der Waals surface area contributed by atoms with Crippen LogP contribution in [0.4, 0.5) is 0 Å². The Labute approximate surface area is 148 Å². The van der Waals surface area contributed by atoms with Crippen molar-refractivity contribution in [1.29, 1.82) is 5.26 Å². The van der Waals surface area contributed by atoms with Gasteiger partial charge >= 0.3 is 0 Å². The number of ether oxygens (including phenoxy) is 1. The van der Waals surface area contributed by atoms with E-state index in [1.54, 1.807) is 18.5 Å². The van der Waals surface area contributed by atoms with Gasteiger partial charge in [-0.15, -0.1) is 0 Å². The van der Waals surface area contributed by atoms with E-state index in [-0.39, 0.29) is 0 Å². The molecule has 0 saturated heterocycles. The summed E-state index contributed by atoms with van der Waals surface area (Å²) in [4.78, 5) is 11.8. The van der Waals surface area contributed by atoms with Gasteiger partial charge in [-0.05, 0) is 36.8 Å². The van der Waals surface area contributed by atoms with E-state index in [0.29, 0.717) is 23.1 Å². The molecule has 0 unspecified atom stereocenters. The molecule has 0 aliphatic carbocycles. The summed E-state index contributed by atoms with van der Waals surface area (Å²) in [6.07, 6.45) is 3.45. The van der Waals surface area contributed by atoms with E-state index in [1.165, 1.54) is 0 Å². The fourth-order valence-electron chi connectivity index (χ4n) is 2.85. The van der Waals surface area contributed by atoms with Gasteiger partial charge in [-0.3, -0.25) is 0 Å². The van der Waals surface area contributed by atoms with Gasteiger partial charge in [0.15, 0.2) is 0 Å². The van der Waals surface area contributed by atoms with Gasteiger partial charge in [-0.25, -0.2) is 9.97 Å². The largest absolute Gasteiger partial charge is 0.492 e. The number of nitriles is 1. The molecule has 25 heavy (non-hydrogen) atoms. The maximum absolute atomic E-state index is 9.07. The summed E-state index contributed by atoms with van der Waals surface area (Å²) in [6.45, 7) is 2.49. The number of H-pyrrole nitrogens is 1. The normalized spacial score (nSPS) is 10.9. The van der Waals surface area contributed by atoms with Crippen molar-refractivity contribution >= 4 is 33.5 Å². The van der Waals surface area contributed by atoms with Gasteiger partial charge in [0.2, 0.25) is 0 Å². The first kappa shape index (κ1) is 15.4. The molecule has 0 radical (unpaired) electrons. The van der Waals surface area contributed by atoms with Crippen molar-refractivity contribution in [3.8, 4) is 22.9 Å². The summed E-state index contributed by atoms with van der Waals surface area (Å²) in [5.41, 5.74) is 3.87. The Morgan fingerprint density at radius 1 is 1.12 bits per heavy atom. The Balaban J connectivity index is 1.87. The zero-order valence-corrected chi connectivity index (χ0v) is 14.1. The second kappa shape index (κ2) is 6.08. The number of halogens is 1. The lowest BCUT2D eigenvalue weighted by molar-refractivity contribution is 0.340. The van der Waals surface area contributed by atoms with Crippen LogP contribution in [0.5, 0.6) is 5.75 Å². The zero-order chi connectivity index (χ0) is 17.4. The molecule has 1 aromatic carbocycles. The van der Waals surface area contributed by atoms with Crippen LogP contribution >= 0.6 is 11.6 Å². The fraction of sp³-hybridized carbons (Fsp3) is 0.105. The topological polar surface area (TPSA) is 74.6 Å². The Hall–Kier alpha value is -3.10. The molecule has 0 saturated carbocycles. The van der Waals surface area contributed by atoms with Crippen LogP contribution in [0, 0.1) is 11.3 Å². The molecular formula is C19H13ClN4O. The van der Waals surface area contributed by atoms with Crippen molar-refractivity contribution in [3.63, 3.8) is 0 Å². The minimum atomic E-state index is 0.378. The van der Waals surface area contributed by atoms with Crippen LogP contribution in [0.25, 0.3) is 33.1 Å². The highest BCUT2D eigenvalue weighted by molar-refractivity contribution is 6.32. The average Bonchev–Trinajstić information content (AvgIpc) is 3.00. The molecule has 0 bridgehead atoms. The minimum Gasteiger partial charge on any atom is -0.492 e. The SMILES string of the molecule is CCOc1ccc(-c2cnc3[nH]c4cnc(C#N)cc4c3c2)cc1Cl. The maximum Gasteiger partial charge on any atom is 0.141 e. The highest BCUT2D eigenvalue weighted by atomic mass is 35.5. The summed E-state index contributed by atoms with van der Waals surface area (Å²) in [7, 11) is 0. The second-order valence-electron chi connectivity index (χ2n) is 5.55. The second-order valence-corrected chi connectivity index (χ2v) is 5.96. The van der Waals surface area contributed by atoms with Crippen molar-refractivity contribution in [2.75, 3.05) is 6.61 Å². The van der Waals surface area contributed by atoms with Crippen LogP contribution < -0.4 is 4.74 Å². The summed E-state index contributed by atoms with van der Waals surface area (Å²) in [5, 5.41) is 11.5. The number of benzene rings is 1. The molecule has 0 amide bonds. The van der Waals surface area contributed by atoms with Gasteiger partial charge in [-0.2, -0.15) is 5.26 Å². The van der Waals surface area contributed by atoms with Crippen LogP contribution in [0.2, 0.25) is 5.02 Å². The third-order valence-electron chi connectivity index (χ3n) is 4.01. The summed E-state index contributed by atoms with van der Waals surface area (Å²) >= 11 is 6.29. The van der Waals surface area contributed by atoms with Crippen LogP contribution in [-0.4, -0.2) is 21.6 Å². The molecule has 0 atom stereocenters. The number of nitrogens with zero attached hydrogens (tertiary/aromatic N) is 3. The van der Waals surface area contributed by atoms with E-state index in [2.05, 4.69) is 21.0 Å². The van der Waals surface area contributed by atoms with Crippen molar-refractivity contribution < 1.29 is 4.74 Å². The number of aromatic amines is 1. The van der Waals surface area contributed by atoms with Gasteiger partial charge < -0.3 is 9.72 Å². The molecule has 3 heterocycles. The third kappa shape index (κ3) is 2.67. The van der Waals surface area contributed by atoms with Crippen molar-refractivity contribution in [2.24, 2.45) is 0 Å². The standard InChI is InChI=1S/C19H13ClN4O/c1-2-25-18-4-3-11(6-16(18)20)12-5-15-14-7-13(8-21)22-10-17(14)24-19(15)23-9-12/h3-7,9-10H,2H2,1H3,(H,23,24). The fourth-order valence-corrected chi connectivity index (χ4v) is 3.08. The lowest BCUT2D eigenvalue weighted by Crippen LogP contribution is -1.92. The van der Waals surface area contributed by atoms with E-state index >= 15 is 0 Å². The van der Waals surface area contributed by atoms with Gasteiger partial charge in [0.05, 0.1) is 23.3 Å². The van der Waals surface area contributed by atoms with Crippen molar-refractivity contribution in [3.05, 3.63) is 53.4 Å². The van der Waals surface area contributed by atoms with E-state index in [1.807, 2.05) is 31.2 Å². The molecular weight excluding hydrogens is 336 g/mol. The molecule has 4 aromatic rings. The minimum absolute atomic E-state index is 0.378. The van der Waals surface area contributed by atoms with E-state index in [4.69, 9.17) is 21.6 Å². The molecule has 6 heteroatoms. The number of aromatic nitrogens is 3. The zero-order valence-electron chi connectivity index (χ0n) is 13.4. The van der Waals surface area contributed by atoms with Crippen LogP contribution in [0.15, 0.2) is 42.7 Å². The molecule has 3 aromatic heterocycles. The first-order chi connectivity index (χ1) is 12.2. The Kier molecular flexibility index (Phi) is 3.75. The van der Waals surface area contributed by atoms with Gasteiger partial charge in [0.1, 0.15) is 23.2 Å². The predicted octanol–water partition coefficient (Wildman–Crippen LogP) is 4.70. The molecule has 1 N–H and O–H groups in total. The number of pyridine rings is 2. The first-order valence-corrected chi connectivity index (χ1v) is 8.17. The van der Waals surface area contributed by atoms with Gasteiger partial charge in [0.25, 0.3) is 0 Å². The van der Waals surface area contributed by atoms with E-state index in [9.17, 15) is 0 Å². The molecule has 122 valence electrons. The van der Waals surface area contributed by atoms with Crippen LogP contribution in [-0.2, 0) is 0 Å². The monoisotopic (exact) mass is 348 g/mol. The predicted molar refractivity (Wildman–Crippen MR) is 97.7 cm³/mol. The summed E-state index contributed by atoms with van der Waals surface area (Å²) in [6, 6.07) is 11.6. The third-order valence-corrected chi connectivity index (χ3v) is 4.31. The van der Waals surface area contributed by atoms with Crippen LogP contribution in [0.3, 0.4) is 0 Å². The number of hydrogen-bond acceptors (Lipinski definition) is 4. The molecule has 0 aliphatic rings. The first-order valence-electron chi connectivity index (χ1n) is 7.80. The smallest absolute Gasteiger partial charge is 0.141 e. The van der Waals surface area contributed by atoms with Gasteiger partial charge in [0, 0.05) is 22.5 Å². The van der Waals surface area contributed by atoms with Crippen molar-refractivity contribution in [1.82, 2.24) is 15.0 Å². The molecule has 0 aliphatic heterocycles. The quantitative estimate of drug-likeness (QED) is 0.582. The highest BCUT2D eigenvalue weighted by Gasteiger charge is 2.10. The maximum atomic E-state index is 9.07. The van der Waals surface area contributed by atoms with Gasteiger partial charge in [-0.1, -0.05) is 17.7 Å². The molecule has 0 fully saturated rings. The number of fused-ring (bicyclic) bond motifs is 3. The molecule has 5 nitrogen and oxygen atoms in total. The molecule has 4 rings (SSSR count). The number of hydrogen-bond donors (Lipinski definition) is 1. The van der Waals surface area contributed by atoms with E-state index < -0.39 is 0 Å². The average molecular weight is 349 g/mol. The Morgan fingerprint density at radius 3 is 2.76 bits per heavy atom. The lowest BCUT2D eigenvalue weighted by Gasteiger charge is -2.08. The highest BCUT2D eigenvalue weighted by Crippen LogP contribution is 2.33. The van der Waals surface area contributed by atoms with Crippen LogP contribution in [0.1, 0.15) is 12.6 Å². The molecule has 0 spiro atoms. The number of nitrogens with one attached hydrogen (secondary N) is 1. The van der Waals surface area contributed by atoms with Crippen molar-refractivity contribution in [2.45, 2.75) is 6.92 Å². The summed E-state index contributed by atoms with van der Waals surface area (Å²) in [5.74, 6) is 0.666. The Morgan fingerprint density at radius 2 is 2.00 bits per heavy atom. The number of rotatable bonds is 3. The Bertz CT molecular complexity index is 1140. The summed E-state index contributed by atoms with van der Waals surface area (Å²) < 4.78 is 5.48.